The molecule has 2 heterocycles. The lowest BCUT2D eigenvalue weighted by molar-refractivity contribution is 0.116. The smallest absolute Gasteiger partial charge is 0.0750 e. The SMILES string of the molecule is CN(CC1CCCO1)c1ccc2c(c1)NCCC2. The molecule has 3 nitrogen and oxygen atoms in total. The molecule has 18 heavy (non-hydrogen) atoms. The van der Waals surface area contributed by atoms with Gasteiger partial charge in [-0.1, -0.05) is 6.07 Å². The molecule has 0 aromatic heterocycles. The third-order valence-corrected chi connectivity index (χ3v) is 3.97. The number of nitrogens with zero attached hydrogens (tertiary/aromatic N) is 1. The average molecular weight is 246 g/mol. The Morgan fingerprint density at radius 1 is 1.39 bits per heavy atom. The van der Waals surface area contributed by atoms with Crippen molar-refractivity contribution in [1.29, 1.82) is 0 Å². The molecule has 0 radical (unpaired) electrons. The van der Waals surface area contributed by atoms with Crippen molar-refractivity contribution >= 4 is 11.4 Å². The molecule has 0 amide bonds. The minimum Gasteiger partial charge on any atom is -0.385 e. The lowest BCUT2D eigenvalue weighted by atomic mass is 10.0. The second-order valence-electron chi connectivity index (χ2n) is 5.39. The number of hydrogen-bond donors (Lipinski definition) is 1. The minimum atomic E-state index is 0.416. The first-order chi connectivity index (χ1) is 8.83. The van der Waals surface area contributed by atoms with E-state index < -0.39 is 0 Å². The van der Waals surface area contributed by atoms with Crippen LogP contribution in [0.1, 0.15) is 24.8 Å². The molecule has 0 bridgehead atoms. The molecule has 1 saturated heterocycles. The van der Waals surface area contributed by atoms with Gasteiger partial charge in [0.05, 0.1) is 6.10 Å². The summed E-state index contributed by atoms with van der Waals surface area (Å²) in [6.45, 7) is 3.04. The zero-order valence-electron chi connectivity index (χ0n) is 11.1. The van der Waals surface area contributed by atoms with Crippen LogP contribution in [0.25, 0.3) is 0 Å². The maximum absolute atomic E-state index is 5.70. The van der Waals surface area contributed by atoms with Crippen LogP contribution in [0.4, 0.5) is 11.4 Å². The van der Waals surface area contributed by atoms with Gasteiger partial charge in [-0.05, 0) is 43.4 Å². The average Bonchev–Trinajstić information content (AvgIpc) is 2.91. The second-order valence-corrected chi connectivity index (χ2v) is 5.39. The Morgan fingerprint density at radius 3 is 3.17 bits per heavy atom. The molecule has 0 aliphatic carbocycles. The van der Waals surface area contributed by atoms with Crippen molar-refractivity contribution in [3.63, 3.8) is 0 Å². The number of fused-ring (bicyclic) bond motifs is 1. The number of anilines is 2. The molecule has 1 N–H and O–H groups in total. The van der Waals surface area contributed by atoms with E-state index in [2.05, 4.69) is 35.5 Å². The Balaban J connectivity index is 1.70. The predicted octanol–water partition coefficient (Wildman–Crippen LogP) is 2.66. The highest BCUT2D eigenvalue weighted by molar-refractivity contribution is 5.63. The van der Waals surface area contributed by atoms with Gasteiger partial charge in [-0.2, -0.15) is 0 Å². The molecule has 2 aliphatic heterocycles. The van der Waals surface area contributed by atoms with Crippen molar-refractivity contribution in [2.75, 3.05) is 37.0 Å². The van der Waals surface area contributed by atoms with Gasteiger partial charge in [-0.25, -0.2) is 0 Å². The van der Waals surface area contributed by atoms with E-state index in [0.29, 0.717) is 6.10 Å². The van der Waals surface area contributed by atoms with Crippen LogP contribution in [0.15, 0.2) is 18.2 Å². The van der Waals surface area contributed by atoms with Crippen molar-refractivity contribution in [2.45, 2.75) is 31.8 Å². The summed E-state index contributed by atoms with van der Waals surface area (Å²) in [5.74, 6) is 0. The second kappa shape index (κ2) is 5.19. The monoisotopic (exact) mass is 246 g/mol. The lowest BCUT2D eigenvalue weighted by Gasteiger charge is -2.25. The quantitative estimate of drug-likeness (QED) is 0.887. The standard InChI is InChI=1S/C15H22N2O/c1-17(11-14-5-3-9-18-14)13-7-6-12-4-2-8-16-15(12)10-13/h6-7,10,14,16H,2-5,8-9,11H2,1H3. The number of hydrogen-bond acceptors (Lipinski definition) is 3. The highest BCUT2D eigenvalue weighted by atomic mass is 16.5. The normalized spacial score (nSPS) is 22.4. The third-order valence-electron chi connectivity index (χ3n) is 3.97. The van der Waals surface area contributed by atoms with E-state index in [1.165, 1.54) is 42.6 Å². The molecule has 1 unspecified atom stereocenters. The first-order valence-electron chi connectivity index (χ1n) is 7.02. The molecule has 3 rings (SSSR count). The van der Waals surface area contributed by atoms with Crippen molar-refractivity contribution in [1.82, 2.24) is 0 Å². The number of aryl methyl sites for hydroxylation is 1. The molecule has 2 aliphatic rings. The minimum absolute atomic E-state index is 0.416. The van der Waals surface area contributed by atoms with Crippen molar-refractivity contribution in [2.24, 2.45) is 0 Å². The van der Waals surface area contributed by atoms with Crippen molar-refractivity contribution in [3.05, 3.63) is 23.8 Å². The Labute approximate surface area is 109 Å². The molecule has 98 valence electrons. The van der Waals surface area contributed by atoms with Gasteiger partial charge < -0.3 is 15.0 Å². The molecule has 1 aromatic rings. The number of rotatable bonds is 3. The molecule has 0 spiro atoms. The van der Waals surface area contributed by atoms with Gasteiger partial charge in [-0.3, -0.25) is 0 Å². The number of ether oxygens (including phenoxy) is 1. The van der Waals surface area contributed by atoms with Crippen molar-refractivity contribution < 1.29 is 4.74 Å². The summed E-state index contributed by atoms with van der Waals surface area (Å²) in [4.78, 5) is 2.31. The Hall–Kier alpha value is -1.22. The van der Waals surface area contributed by atoms with Crippen LogP contribution in [-0.2, 0) is 11.2 Å². The van der Waals surface area contributed by atoms with Crippen LogP contribution in [-0.4, -0.2) is 32.8 Å². The van der Waals surface area contributed by atoms with Gasteiger partial charge in [0.1, 0.15) is 0 Å². The molecule has 0 saturated carbocycles. The fourth-order valence-corrected chi connectivity index (χ4v) is 2.89. The summed E-state index contributed by atoms with van der Waals surface area (Å²) in [5.41, 5.74) is 4.06. The van der Waals surface area contributed by atoms with Crippen LogP contribution in [0.2, 0.25) is 0 Å². The van der Waals surface area contributed by atoms with E-state index >= 15 is 0 Å². The molecule has 1 atom stereocenters. The Bertz CT molecular complexity index is 413. The maximum Gasteiger partial charge on any atom is 0.0750 e. The van der Waals surface area contributed by atoms with E-state index in [1.807, 2.05) is 0 Å². The Kier molecular flexibility index (Phi) is 3.41. The number of benzene rings is 1. The van der Waals surface area contributed by atoms with Crippen LogP contribution in [0.5, 0.6) is 0 Å². The highest BCUT2D eigenvalue weighted by Gasteiger charge is 2.18. The third kappa shape index (κ3) is 2.46. The van der Waals surface area contributed by atoms with Crippen LogP contribution in [0.3, 0.4) is 0 Å². The van der Waals surface area contributed by atoms with Gasteiger partial charge in [0, 0.05) is 38.1 Å². The first kappa shape index (κ1) is 11.8. The van der Waals surface area contributed by atoms with Crippen LogP contribution >= 0.6 is 0 Å². The zero-order chi connectivity index (χ0) is 12.4. The summed E-state index contributed by atoms with van der Waals surface area (Å²) in [7, 11) is 2.16. The largest absolute Gasteiger partial charge is 0.385 e. The Morgan fingerprint density at radius 2 is 2.33 bits per heavy atom. The summed E-state index contributed by atoms with van der Waals surface area (Å²) in [6.07, 6.45) is 5.28. The van der Waals surface area contributed by atoms with E-state index in [1.54, 1.807) is 0 Å². The fourth-order valence-electron chi connectivity index (χ4n) is 2.89. The van der Waals surface area contributed by atoms with Gasteiger partial charge in [0.15, 0.2) is 0 Å². The van der Waals surface area contributed by atoms with E-state index in [-0.39, 0.29) is 0 Å². The molecule has 3 heteroatoms. The lowest BCUT2D eigenvalue weighted by Crippen LogP contribution is -2.28. The van der Waals surface area contributed by atoms with Gasteiger partial charge >= 0.3 is 0 Å². The first-order valence-corrected chi connectivity index (χ1v) is 7.02. The summed E-state index contributed by atoms with van der Waals surface area (Å²) >= 11 is 0. The summed E-state index contributed by atoms with van der Waals surface area (Å²) in [6, 6.07) is 6.78. The van der Waals surface area contributed by atoms with Gasteiger partial charge in [0.2, 0.25) is 0 Å². The molecule has 1 fully saturated rings. The fraction of sp³-hybridized carbons (Fsp3) is 0.600. The zero-order valence-corrected chi connectivity index (χ0v) is 11.1. The number of likely N-dealkylation sites (N-methyl/N-ethyl adjacent to an activating group) is 1. The van der Waals surface area contributed by atoms with Gasteiger partial charge in [0.25, 0.3) is 0 Å². The van der Waals surface area contributed by atoms with E-state index in [4.69, 9.17) is 4.74 Å². The van der Waals surface area contributed by atoms with Crippen LogP contribution < -0.4 is 10.2 Å². The maximum atomic E-state index is 5.70. The highest BCUT2D eigenvalue weighted by Crippen LogP contribution is 2.27. The molecular weight excluding hydrogens is 224 g/mol. The van der Waals surface area contributed by atoms with Crippen LogP contribution in [0, 0.1) is 0 Å². The van der Waals surface area contributed by atoms with E-state index in [9.17, 15) is 0 Å². The summed E-state index contributed by atoms with van der Waals surface area (Å²) in [5, 5.41) is 3.49. The topological polar surface area (TPSA) is 24.5 Å². The predicted molar refractivity (Wildman–Crippen MR) is 75.5 cm³/mol. The number of nitrogens with one attached hydrogen (secondary N) is 1. The van der Waals surface area contributed by atoms with E-state index in [0.717, 1.165) is 19.7 Å². The summed E-state index contributed by atoms with van der Waals surface area (Å²) < 4.78 is 5.70. The molecule has 1 aromatic carbocycles. The van der Waals surface area contributed by atoms with Gasteiger partial charge in [-0.15, -0.1) is 0 Å². The van der Waals surface area contributed by atoms with Crippen molar-refractivity contribution in [3.8, 4) is 0 Å². The molecular formula is C15H22N2O.